The normalized spacial score (nSPS) is 31.1. The van der Waals surface area contributed by atoms with Crippen LogP contribution in [0.5, 0.6) is 0 Å². The van der Waals surface area contributed by atoms with Crippen molar-refractivity contribution in [2.24, 2.45) is 0 Å². The van der Waals surface area contributed by atoms with Gasteiger partial charge in [-0.3, -0.25) is 0 Å². The van der Waals surface area contributed by atoms with Gasteiger partial charge in [0.15, 0.2) is 0 Å². The molecule has 1 atom stereocenters. The van der Waals surface area contributed by atoms with E-state index in [0.717, 1.165) is 13.2 Å². The lowest BCUT2D eigenvalue weighted by Gasteiger charge is -2.43. The molecular weight excluding hydrogens is 174 g/mol. The van der Waals surface area contributed by atoms with Crippen molar-refractivity contribution in [1.82, 2.24) is 5.32 Å². The first-order chi connectivity index (χ1) is 6.85. The second-order valence-corrected chi connectivity index (χ2v) is 4.86. The number of ether oxygens (including phenoxy) is 1. The van der Waals surface area contributed by atoms with Crippen LogP contribution in [0.25, 0.3) is 0 Å². The van der Waals surface area contributed by atoms with Crippen LogP contribution in [0.2, 0.25) is 0 Å². The summed E-state index contributed by atoms with van der Waals surface area (Å²) in [6, 6.07) is 0. The Balaban J connectivity index is 1.69. The molecular formula is C12H23NO. The Hall–Kier alpha value is -0.0800. The minimum absolute atomic E-state index is 0.487. The summed E-state index contributed by atoms with van der Waals surface area (Å²) in [5, 5.41) is 3.73. The summed E-state index contributed by atoms with van der Waals surface area (Å²) >= 11 is 0. The van der Waals surface area contributed by atoms with Gasteiger partial charge in [0.2, 0.25) is 0 Å². The quantitative estimate of drug-likeness (QED) is 0.747. The summed E-state index contributed by atoms with van der Waals surface area (Å²) in [5.74, 6) is 0. The van der Waals surface area contributed by atoms with Crippen LogP contribution in [0, 0.1) is 0 Å². The zero-order valence-corrected chi connectivity index (χ0v) is 9.35. The zero-order chi connectivity index (χ0) is 9.86. The van der Waals surface area contributed by atoms with Crippen molar-refractivity contribution in [3.8, 4) is 0 Å². The standard InChI is InChI=1S/C12H23NO/c1-2-12(7-5-8-12)13-10-11-6-3-4-9-14-11/h11,13H,2-10H2,1H3. The minimum Gasteiger partial charge on any atom is -0.377 e. The van der Waals surface area contributed by atoms with Gasteiger partial charge >= 0.3 is 0 Å². The van der Waals surface area contributed by atoms with Crippen LogP contribution in [0.4, 0.5) is 0 Å². The SMILES string of the molecule is CCC1(NCC2CCCCO2)CCC1. The highest BCUT2D eigenvalue weighted by atomic mass is 16.5. The topological polar surface area (TPSA) is 21.3 Å². The minimum atomic E-state index is 0.487. The van der Waals surface area contributed by atoms with E-state index in [1.165, 1.54) is 44.9 Å². The summed E-state index contributed by atoms with van der Waals surface area (Å²) < 4.78 is 5.72. The number of rotatable bonds is 4. The van der Waals surface area contributed by atoms with Crippen molar-refractivity contribution in [3.63, 3.8) is 0 Å². The maximum Gasteiger partial charge on any atom is 0.0699 e. The van der Waals surface area contributed by atoms with Gasteiger partial charge in [0.1, 0.15) is 0 Å². The fourth-order valence-electron chi connectivity index (χ4n) is 2.56. The van der Waals surface area contributed by atoms with Gasteiger partial charge in [-0.25, -0.2) is 0 Å². The van der Waals surface area contributed by atoms with Gasteiger partial charge in [0, 0.05) is 18.7 Å². The van der Waals surface area contributed by atoms with E-state index >= 15 is 0 Å². The van der Waals surface area contributed by atoms with Crippen molar-refractivity contribution in [1.29, 1.82) is 0 Å². The Kier molecular flexibility index (Phi) is 3.45. The van der Waals surface area contributed by atoms with Crippen molar-refractivity contribution >= 4 is 0 Å². The fraction of sp³-hybridized carbons (Fsp3) is 1.00. The molecule has 0 radical (unpaired) electrons. The molecule has 2 aliphatic rings. The van der Waals surface area contributed by atoms with Crippen molar-refractivity contribution in [3.05, 3.63) is 0 Å². The molecule has 1 saturated heterocycles. The Morgan fingerprint density at radius 2 is 2.14 bits per heavy atom. The molecule has 2 heteroatoms. The average Bonchev–Trinajstić information content (AvgIpc) is 2.19. The third-order valence-corrected chi connectivity index (χ3v) is 3.97. The number of nitrogens with one attached hydrogen (secondary N) is 1. The molecule has 1 heterocycles. The predicted molar refractivity (Wildman–Crippen MR) is 58.5 cm³/mol. The highest BCUT2D eigenvalue weighted by Gasteiger charge is 2.34. The molecule has 0 aromatic rings. The third kappa shape index (κ3) is 2.29. The number of hydrogen-bond acceptors (Lipinski definition) is 2. The van der Waals surface area contributed by atoms with E-state index in [-0.39, 0.29) is 0 Å². The fourth-order valence-corrected chi connectivity index (χ4v) is 2.56. The predicted octanol–water partition coefficient (Wildman–Crippen LogP) is 2.48. The highest BCUT2D eigenvalue weighted by molar-refractivity contribution is 4.95. The zero-order valence-electron chi connectivity index (χ0n) is 9.35. The molecule has 0 spiro atoms. The summed E-state index contributed by atoms with van der Waals surface area (Å²) in [5.41, 5.74) is 0.487. The van der Waals surface area contributed by atoms with Crippen LogP contribution in [0.1, 0.15) is 51.9 Å². The van der Waals surface area contributed by atoms with E-state index in [1.54, 1.807) is 0 Å². The molecule has 14 heavy (non-hydrogen) atoms. The van der Waals surface area contributed by atoms with Crippen LogP contribution < -0.4 is 5.32 Å². The van der Waals surface area contributed by atoms with Crippen molar-refractivity contribution in [2.75, 3.05) is 13.2 Å². The van der Waals surface area contributed by atoms with Crippen LogP contribution in [-0.4, -0.2) is 24.8 Å². The highest BCUT2D eigenvalue weighted by Crippen LogP contribution is 2.34. The molecule has 2 nitrogen and oxygen atoms in total. The second kappa shape index (κ2) is 4.63. The molecule has 1 aliphatic heterocycles. The van der Waals surface area contributed by atoms with Gasteiger partial charge in [-0.05, 0) is 44.9 Å². The maximum absolute atomic E-state index is 5.72. The average molecular weight is 197 g/mol. The van der Waals surface area contributed by atoms with Gasteiger partial charge in [0.05, 0.1) is 6.10 Å². The molecule has 1 aliphatic carbocycles. The summed E-state index contributed by atoms with van der Waals surface area (Å²) in [7, 11) is 0. The maximum atomic E-state index is 5.72. The van der Waals surface area contributed by atoms with E-state index in [4.69, 9.17) is 4.74 Å². The molecule has 1 N–H and O–H groups in total. The molecule has 1 unspecified atom stereocenters. The summed E-state index contributed by atoms with van der Waals surface area (Å²) in [6.45, 7) is 4.35. The molecule has 0 aromatic carbocycles. The Labute approximate surface area is 87.4 Å². The lowest BCUT2D eigenvalue weighted by Crippen LogP contribution is -2.53. The van der Waals surface area contributed by atoms with Crippen LogP contribution >= 0.6 is 0 Å². The second-order valence-electron chi connectivity index (χ2n) is 4.86. The van der Waals surface area contributed by atoms with Gasteiger partial charge in [0.25, 0.3) is 0 Å². The first-order valence-corrected chi connectivity index (χ1v) is 6.21. The smallest absolute Gasteiger partial charge is 0.0699 e. The van der Waals surface area contributed by atoms with Gasteiger partial charge in [-0.15, -0.1) is 0 Å². The number of hydrogen-bond donors (Lipinski definition) is 1. The third-order valence-electron chi connectivity index (χ3n) is 3.97. The molecule has 0 amide bonds. The molecule has 0 bridgehead atoms. The first kappa shape index (κ1) is 10.4. The monoisotopic (exact) mass is 197 g/mol. The van der Waals surface area contributed by atoms with E-state index in [2.05, 4.69) is 12.2 Å². The van der Waals surface area contributed by atoms with Gasteiger partial charge < -0.3 is 10.1 Å². The molecule has 2 fully saturated rings. The molecule has 82 valence electrons. The molecule has 2 rings (SSSR count). The van der Waals surface area contributed by atoms with Crippen LogP contribution in [0.3, 0.4) is 0 Å². The van der Waals surface area contributed by atoms with Crippen molar-refractivity contribution in [2.45, 2.75) is 63.5 Å². The molecule has 0 aromatic heterocycles. The van der Waals surface area contributed by atoms with Gasteiger partial charge in [-0.2, -0.15) is 0 Å². The van der Waals surface area contributed by atoms with Crippen LogP contribution in [0.15, 0.2) is 0 Å². The molecule has 1 saturated carbocycles. The van der Waals surface area contributed by atoms with E-state index in [0.29, 0.717) is 11.6 Å². The summed E-state index contributed by atoms with van der Waals surface area (Å²) in [6.07, 6.45) is 9.79. The Morgan fingerprint density at radius 3 is 2.64 bits per heavy atom. The Morgan fingerprint density at radius 1 is 1.29 bits per heavy atom. The first-order valence-electron chi connectivity index (χ1n) is 6.21. The van der Waals surface area contributed by atoms with Crippen LogP contribution in [-0.2, 0) is 4.74 Å². The van der Waals surface area contributed by atoms with E-state index in [1.807, 2.05) is 0 Å². The summed E-state index contributed by atoms with van der Waals surface area (Å²) in [4.78, 5) is 0. The lowest BCUT2D eigenvalue weighted by molar-refractivity contribution is 0.00683. The lowest BCUT2D eigenvalue weighted by atomic mass is 9.75. The van der Waals surface area contributed by atoms with E-state index < -0.39 is 0 Å². The largest absolute Gasteiger partial charge is 0.377 e. The Bertz CT molecular complexity index is 166. The van der Waals surface area contributed by atoms with Crippen molar-refractivity contribution < 1.29 is 4.74 Å². The van der Waals surface area contributed by atoms with Gasteiger partial charge in [-0.1, -0.05) is 6.92 Å². The van der Waals surface area contributed by atoms with E-state index in [9.17, 15) is 0 Å².